The molecule has 0 unspecified atom stereocenters. The summed E-state index contributed by atoms with van der Waals surface area (Å²) in [6.45, 7) is 3.20. The number of nitrogens with zero attached hydrogens (tertiary/aromatic N) is 3. The van der Waals surface area contributed by atoms with Gasteiger partial charge in [-0.15, -0.1) is 0 Å². The van der Waals surface area contributed by atoms with E-state index in [0.29, 0.717) is 22.7 Å². The van der Waals surface area contributed by atoms with Crippen molar-refractivity contribution in [2.24, 2.45) is 0 Å². The highest BCUT2D eigenvalue weighted by molar-refractivity contribution is 5.65. The molecule has 1 fully saturated rings. The van der Waals surface area contributed by atoms with Gasteiger partial charge in [0.15, 0.2) is 17.4 Å². The van der Waals surface area contributed by atoms with Crippen molar-refractivity contribution in [1.82, 2.24) is 9.80 Å². The third-order valence-electron chi connectivity index (χ3n) is 5.19. The first-order chi connectivity index (χ1) is 13.5. The second-order valence-electron chi connectivity index (χ2n) is 7.37. The third kappa shape index (κ3) is 4.86. The van der Waals surface area contributed by atoms with Crippen molar-refractivity contribution in [2.75, 3.05) is 40.3 Å². The van der Waals surface area contributed by atoms with E-state index < -0.39 is 11.6 Å². The average molecular weight is 385 g/mol. The zero-order chi connectivity index (χ0) is 20.1. The topological polar surface area (TPSA) is 39.5 Å². The Hall–Kier alpha value is -2.49. The van der Waals surface area contributed by atoms with Crippen molar-refractivity contribution in [1.29, 1.82) is 5.26 Å². The molecule has 0 aliphatic carbocycles. The highest BCUT2D eigenvalue weighted by atomic mass is 19.1. The maximum absolute atomic E-state index is 14.4. The third-order valence-corrected chi connectivity index (χ3v) is 5.19. The molecule has 2 aromatic rings. The number of halogens is 2. The lowest BCUT2D eigenvalue weighted by molar-refractivity contribution is 0.233. The smallest absolute Gasteiger partial charge is 0.190 e. The number of likely N-dealkylation sites (N-methyl/N-ethyl adjacent to an activating group) is 1. The molecule has 28 heavy (non-hydrogen) atoms. The molecule has 6 heteroatoms. The summed E-state index contributed by atoms with van der Waals surface area (Å²) in [7, 11) is 4.18. The van der Waals surface area contributed by atoms with Crippen LogP contribution in [0.2, 0.25) is 0 Å². The van der Waals surface area contributed by atoms with E-state index in [0.717, 1.165) is 32.5 Å². The lowest BCUT2D eigenvalue weighted by atomic mass is 10.0. The highest BCUT2D eigenvalue weighted by Crippen LogP contribution is 2.29. The van der Waals surface area contributed by atoms with Crippen LogP contribution in [0.5, 0.6) is 5.75 Å². The van der Waals surface area contributed by atoms with Gasteiger partial charge in [0.1, 0.15) is 0 Å². The van der Waals surface area contributed by atoms with Crippen LogP contribution in [0.1, 0.15) is 18.4 Å². The van der Waals surface area contributed by atoms with E-state index in [1.165, 1.54) is 12.1 Å². The Kier molecular flexibility index (Phi) is 6.61. The number of nitriles is 1. The molecule has 0 bridgehead atoms. The molecule has 148 valence electrons. The molecule has 0 radical (unpaired) electrons. The Morgan fingerprint density at radius 1 is 1.14 bits per heavy atom. The van der Waals surface area contributed by atoms with Gasteiger partial charge in [-0.3, -0.25) is 0 Å². The van der Waals surface area contributed by atoms with Gasteiger partial charge < -0.3 is 14.5 Å². The molecule has 2 aromatic carbocycles. The fourth-order valence-corrected chi connectivity index (χ4v) is 3.50. The van der Waals surface area contributed by atoms with E-state index >= 15 is 0 Å². The molecule has 1 saturated heterocycles. The second kappa shape index (κ2) is 9.13. The maximum Gasteiger partial charge on any atom is 0.190 e. The molecule has 0 saturated carbocycles. The maximum atomic E-state index is 14.4. The van der Waals surface area contributed by atoms with Crippen LogP contribution < -0.4 is 4.74 Å². The van der Waals surface area contributed by atoms with Gasteiger partial charge in [0.05, 0.1) is 18.2 Å². The Morgan fingerprint density at radius 2 is 1.82 bits per heavy atom. The standard InChI is InChI=1S/C22H25F2N3O/c1-26(2)19-8-10-27(15-19)9-3-11-28-22-20(23)12-18(13-21(22)24)17-6-4-16(14-25)5-7-17/h4-7,12-13,19H,3,8-11,15H2,1-2H3/t19-/m1/s1. The number of hydrogen-bond donors (Lipinski definition) is 0. The first-order valence-electron chi connectivity index (χ1n) is 9.49. The van der Waals surface area contributed by atoms with Gasteiger partial charge in [0, 0.05) is 19.1 Å². The van der Waals surface area contributed by atoms with Gasteiger partial charge in [-0.1, -0.05) is 12.1 Å². The van der Waals surface area contributed by atoms with Gasteiger partial charge >= 0.3 is 0 Å². The van der Waals surface area contributed by atoms with Crippen LogP contribution in [-0.4, -0.2) is 56.2 Å². The summed E-state index contributed by atoms with van der Waals surface area (Å²) in [5, 5.41) is 8.84. The summed E-state index contributed by atoms with van der Waals surface area (Å²) >= 11 is 0. The molecular formula is C22H25F2N3O. The Balaban J connectivity index is 1.55. The second-order valence-corrected chi connectivity index (χ2v) is 7.37. The first-order valence-corrected chi connectivity index (χ1v) is 9.49. The van der Waals surface area contributed by atoms with Crippen LogP contribution in [0.15, 0.2) is 36.4 Å². The molecule has 0 amide bonds. The lowest BCUT2D eigenvalue weighted by Gasteiger charge is -2.20. The molecular weight excluding hydrogens is 360 g/mol. The molecule has 0 spiro atoms. The minimum atomic E-state index is -0.715. The van der Waals surface area contributed by atoms with Gasteiger partial charge in [0.2, 0.25) is 0 Å². The highest BCUT2D eigenvalue weighted by Gasteiger charge is 2.23. The normalized spacial score (nSPS) is 17.1. The Bertz CT molecular complexity index is 823. The number of ether oxygens (including phenoxy) is 1. The summed E-state index contributed by atoms with van der Waals surface area (Å²) in [5.41, 5.74) is 1.56. The van der Waals surface area contributed by atoms with Gasteiger partial charge in [-0.05, 0) is 68.9 Å². The predicted molar refractivity (Wildman–Crippen MR) is 105 cm³/mol. The molecule has 1 atom stereocenters. The minimum Gasteiger partial charge on any atom is -0.488 e. The zero-order valence-electron chi connectivity index (χ0n) is 16.3. The molecule has 3 rings (SSSR count). The number of rotatable bonds is 7. The van der Waals surface area contributed by atoms with Crippen molar-refractivity contribution in [3.05, 3.63) is 53.6 Å². The van der Waals surface area contributed by atoms with Crippen molar-refractivity contribution < 1.29 is 13.5 Å². The summed E-state index contributed by atoms with van der Waals surface area (Å²) in [5.74, 6) is -1.76. The van der Waals surface area contributed by atoms with Crippen molar-refractivity contribution in [3.8, 4) is 22.9 Å². The summed E-state index contributed by atoms with van der Waals surface area (Å²) in [6, 6.07) is 11.7. The van der Waals surface area contributed by atoms with Crippen LogP contribution in [0.3, 0.4) is 0 Å². The lowest BCUT2D eigenvalue weighted by Crippen LogP contribution is -2.32. The molecule has 0 aromatic heterocycles. The van der Waals surface area contributed by atoms with Crippen LogP contribution in [0.4, 0.5) is 8.78 Å². The quantitative estimate of drug-likeness (QED) is 0.678. The van der Waals surface area contributed by atoms with Crippen LogP contribution in [-0.2, 0) is 0 Å². The molecule has 1 heterocycles. The first kappa shape index (κ1) is 20.2. The fraction of sp³-hybridized carbons (Fsp3) is 0.409. The van der Waals surface area contributed by atoms with E-state index in [1.54, 1.807) is 24.3 Å². The number of likely N-dealkylation sites (tertiary alicyclic amines) is 1. The SMILES string of the molecule is CN(C)[C@@H]1CCN(CCCOc2c(F)cc(-c3ccc(C#N)cc3)cc2F)C1. The molecule has 4 nitrogen and oxygen atoms in total. The van der Waals surface area contributed by atoms with Gasteiger partial charge in [-0.2, -0.15) is 5.26 Å². The predicted octanol–water partition coefficient (Wildman–Crippen LogP) is 3.91. The Labute approximate surface area is 164 Å². The molecule has 1 aliphatic rings. The summed E-state index contributed by atoms with van der Waals surface area (Å²) in [4.78, 5) is 4.59. The van der Waals surface area contributed by atoms with Crippen LogP contribution in [0.25, 0.3) is 11.1 Å². The largest absolute Gasteiger partial charge is 0.488 e. The number of benzene rings is 2. The molecule has 0 N–H and O–H groups in total. The summed E-state index contributed by atoms with van der Waals surface area (Å²) < 4.78 is 34.2. The van der Waals surface area contributed by atoms with E-state index in [4.69, 9.17) is 10.00 Å². The van der Waals surface area contributed by atoms with Crippen molar-refractivity contribution in [2.45, 2.75) is 18.9 Å². The van der Waals surface area contributed by atoms with Crippen LogP contribution >= 0.6 is 0 Å². The van der Waals surface area contributed by atoms with Gasteiger partial charge in [-0.25, -0.2) is 8.78 Å². The number of hydrogen-bond acceptors (Lipinski definition) is 4. The van der Waals surface area contributed by atoms with Crippen molar-refractivity contribution >= 4 is 0 Å². The summed E-state index contributed by atoms with van der Waals surface area (Å²) in [6.07, 6.45) is 1.87. The Morgan fingerprint density at radius 3 is 2.39 bits per heavy atom. The fourth-order valence-electron chi connectivity index (χ4n) is 3.50. The van der Waals surface area contributed by atoms with Crippen LogP contribution in [0, 0.1) is 23.0 Å². The van der Waals surface area contributed by atoms with E-state index in [9.17, 15) is 8.78 Å². The van der Waals surface area contributed by atoms with E-state index in [-0.39, 0.29) is 12.4 Å². The van der Waals surface area contributed by atoms with E-state index in [2.05, 4.69) is 23.9 Å². The zero-order valence-corrected chi connectivity index (χ0v) is 16.3. The van der Waals surface area contributed by atoms with E-state index in [1.807, 2.05) is 6.07 Å². The molecule has 1 aliphatic heterocycles. The minimum absolute atomic E-state index is 0.271. The van der Waals surface area contributed by atoms with Gasteiger partial charge in [0.25, 0.3) is 0 Å². The van der Waals surface area contributed by atoms with Crippen molar-refractivity contribution in [3.63, 3.8) is 0 Å². The monoisotopic (exact) mass is 385 g/mol. The average Bonchev–Trinajstić information content (AvgIpc) is 3.16.